The van der Waals surface area contributed by atoms with Gasteiger partial charge in [-0.15, -0.1) is 0 Å². The third-order valence-corrected chi connectivity index (χ3v) is 11.8. The second kappa shape index (κ2) is 38.8. The van der Waals surface area contributed by atoms with E-state index in [4.69, 9.17) is 18.5 Å². The minimum absolute atomic E-state index is 0.0450. The second-order valence-corrected chi connectivity index (χ2v) is 18.0. The molecular weight excluding hydrogens is 828 g/mol. The molecule has 0 aromatic rings. The van der Waals surface area contributed by atoms with Gasteiger partial charge in [-0.25, -0.2) is 4.57 Å². The molecule has 1 rings (SSSR count). The third-order valence-electron chi connectivity index (χ3n) is 10.8. The van der Waals surface area contributed by atoms with Crippen molar-refractivity contribution in [3.63, 3.8) is 0 Å². The zero-order valence-corrected chi connectivity index (χ0v) is 39.5. The molecule has 1 saturated carbocycles. The molecular formula is C49H85O13P. The van der Waals surface area contributed by atoms with Crippen molar-refractivity contribution >= 4 is 19.8 Å². The standard InChI is InChI=1S/C49H85O13P/c1-3-5-7-9-11-13-15-17-19-20-21-22-24-25-27-29-31-33-35-37-42(50)59-39-41(40-60-63(57,58)62-49-47(55)45(53)44(52)46(54)48(49)56)61-43(51)38-36-34-32-30-28-26-23-18-16-14-12-10-8-6-4-2/h11-14,17-19,23,28,30,41,44-49,52-56H,3-10,15-16,20-22,24-27,29,31-40H2,1-2H3,(H,57,58)/b13-11+,14-12+,19-17+,23-18+,30-28+/t41-,44?,45-,46?,47?,48?,49?/m0/s1. The Kier molecular flexibility index (Phi) is 36.1. The van der Waals surface area contributed by atoms with Crippen molar-refractivity contribution in [3.05, 3.63) is 60.8 Å². The highest BCUT2D eigenvalue weighted by molar-refractivity contribution is 7.47. The van der Waals surface area contributed by atoms with Crippen LogP contribution in [0.1, 0.15) is 181 Å². The molecule has 0 aromatic carbocycles. The van der Waals surface area contributed by atoms with Crippen LogP contribution >= 0.6 is 7.82 Å². The van der Waals surface area contributed by atoms with Crippen molar-refractivity contribution in [1.29, 1.82) is 0 Å². The zero-order valence-electron chi connectivity index (χ0n) is 38.6. The molecule has 0 saturated heterocycles. The molecule has 63 heavy (non-hydrogen) atoms. The lowest BCUT2D eigenvalue weighted by atomic mass is 9.85. The number of phosphoric acid groups is 1. The van der Waals surface area contributed by atoms with E-state index in [2.05, 4.69) is 74.6 Å². The second-order valence-electron chi connectivity index (χ2n) is 16.6. The van der Waals surface area contributed by atoms with Crippen LogP contribution in [0.2, 0.25) is 0 Å². The monoisotopic (exact) mass is 913 g/mol. The van der Waals surface area contributed by atoms with E-state index in [9.17, 15) is 44.6 Å². The summed E-state index contributed by atoms with van der Waals surface area (Å²) in [7, 11) is -5.13. The lowest BCUT2D eigenvalue weighted by molar-refractivity contribution is -0.220. The van der Waals surface area contributed by atoms with Crippen LogP contribution in [-0.4, -0.2) is 98.3 Å². The summed E-state index contributed by atoms with van der Waals surface area (Å²) < 4.78 is 33.5. The van der Waals surface area contributed by atoms with Gasteiger partial charge >= 0.3 is 19.8 Å². The lowest BCUT2D eigenvalue weighted by Crippen LogP contribution is -2.64. The Labute approximate surface area is 379 Å². The van der Waals surface area contributed by atoms with Gasteiger partial charge < -0.3 is 39.9 Å². The van der Waals surface area contributed by atoms with E-state index in [1.54, 1.807) is 0 Å². The molecule has 0 aromatic heterocycles. The van der Waals surface area contributed by atoms with Crippen molar-refractivity contribution < 1.29 is 63.1 Å². The number of esters is 2. The van der Waals surface area contributed by atoms with Crippen molar-refractivity contribution in [2.75, 3.05) is 13.2 Å². The predicted octanol–water partition coefficient (Wildman–Crippen LogP) is 9.73. The maximum absolute atomic E-state index is 12.8. The summed E-state index contributed by atoms with van der Waals surface area (Å²) in [5.41, 5.74) is 0. The van der Waals surface area contributed by atoms with Crippen molar-refractivity contribution in [3.8, 4) is 0 Å². The Morgan fingerprint density at radius 2 is 0.857 bits per heavy atom. The highest BCUT2D eigenvalue weighted by atomic mass is 31.2. The highest BCUT2D eigenvalue weighted by Crippen LogP contribution is 2.47. The number of aliphatic hydroxyl groups is 5. The smallest absolute Gasteiger partial charge is 0.462 e. The molecule has 0 aliphatic heterocycles. The van der Waals surface area contributed by atoms with Crippen LogP contribution < -0.4 is 0 Å². The van der Waals surface area contributed by atoms with Crippen molar-refractivity contribution in [2.24, 2.45) is 0 Å². The van der Waals surface area contributed by atoms with E-state index in [0.717, 1.165) is 70.6 Å². The quantitative estimate of drug-likeness (QED) is 0.0147. The first kappa shape index (κ1) is 58.6. The normalized spacial score (nSPS) is 22.2. The van der Waals surface area contributed by atoms with Gasteiger partial charge in [0.25, 0.3) is 0 Å². The van der Waals surface area contributed by atoms with E-state index in [1.807, 2.05) is 0 Å². The van der Waals surface area contributed by atoms with Crippen LogP contribution in [0.4, 0.5) is 0 Å². The largest absolute Gasteiger partial charge is 0.472 e. The molecule has 1 aliphatic rings. The molecule has 0 heterocycles. The summed E-state index contributed by atoms with van der Waals surface area (Å²) in [6.45, 7) is 3.21. The van der Waals surface area contributed by atoms with Gasteiger partial charge in [0.2, 0.25) is 0 Å². The number of hydrogen-bond donors (Lipinski definition) is 6. The fourth-order valence-electron chi connectivity index (χ4n) is 6.91. The SMILES string of the molecule is CCCCC/C=C/C/C=C/C/C=C/CCCCC(=O)O[C@@H](COC(=O)CCCCCCCCCCC/C=C/C/C=C/CCCCC)COP(=O)(O)OC1C(O)C(O)C(O)[C@H](O)C1O. The van der Waals surface area contributed by atoms with E-state index in [-0.39, 0.29) is 12.8 Å². The number of aliphatic hydroxyl groups excluding tert-OH is 5. The minimum Gasteiger partial charge on any atom is -0.462 e. The zero-order chi connectivity index (χ0) is 46.4. The Hall–Kier alpha value is -2.45. The molecule has 6 unspecified atom stereocenters. The molecule has 1 aliphatic carbocycles. The van der Waals surface area contributed by atoms with Crippen molar-refractivity contribution in [1.82, 2.24) is 0 Å². The maximum Gasteiger partial charge on any atom is 0.472 e. The fourth-order valence-corrected chi connectivity index (χ4v) is 7.88. The summed E-state index contributed by atoms with van der Waals surface area (Å²) in [6.07, 6.45) is 34.1. The van der Waals surface area contributed by atoms with Gasteiger partial charge in [-0.2, -0.15) is 0 Å². The summed E-state index contributed by atoms with van der Waals surface area (Å²) >= 11 is 0. The molecule has 14 heteroatoms. The summed E-state index contributed by atoms with van der Waals surface area (Å²) in [4.78, 5) is 35.7. The Morgan fingerprint density at radius 3 is 1.33 bits per heavy atom. The van der Waals surface area contributed by atoms with Crippen LogP contribution in [0.15, 0.2) is 60.8 Å². The molecule has 1 fully saturated rings. The average molecular weight is 913 g/mol. The van der Waals surface area contributed by atoms with Crippen LogP contribution in [-0.2, 0) is 32.7 Å². The number of allylic oxidation sites excluding steroid dienone is 10. The highest BCUT2D eigenvalue weighted by Gasteiger charge is 2.51. The molecule has 0 bridgehead atoms. The Bertz CT molecular complexity index is 1330. The number of phosphoric ester groups is 1. The first-order chi connectivity index (χ1) is 30.4. The van der Waals surface area contributed by atoms with E-state index in [1.165, 1.54) is 70.6 Å². The molecule has 8 atom stereocenters. The number of hydrogen-bond acceptors (Lipinski definition) is 12. The fraction of sp³-hybridized carbons (Fsp3) is 0.755. The summed E-state index contributed by atoms with van der Waals surface area (Å²) in [5, 5.41) is 50.2. The molecule has 6 N–H and O–H groups in total. The molecule has 0 amide bonds. The van der Waals surface area contributed by atoms with Crippen LogP contribution in [0.5, 0.6) is 0 Å². The van der Waals surface area contributed by atoms with Crippen LogP contribution in [0.25, 0.3) is 0 Å². The van der Waals surface area contributed by atoms with E-state index < -0.39 is 75.7 Å². The first-order valence-corrected chi connectivity index (χ1v) is 25.6. The van der Waals surface area contributed by atoms with E-state index >= 15 is 0 Å². The summed E-state index contributed by atoms with van der Waals surface area (Å²) in [5.74, 6) is -1.15. The van der Waals surface area contributed by atoms with Crippen molar-refractivity contribution in [2.45, 2.75) is 224 Å². The van der Waals surface area contributed by atoms with Gasteiger partial charge in [-0.3, -0.25) is 18.6 Å². The van der Waals surface area contributed by atoms with Gasteiger partial charge in [0.15, 0.2) is 6.10 Å². The summed E-state index contributed by atoms with van der Waals surface area (Å²) in [6, 6.07) is 0. The van der Waals surface area contributed by atoms with Crippen LogP contribution in [0.3, 0.4) is 0 Å². The number of ether oxygens (including phenoxy) is 2. The number of carbonyl (C=O) groups is 2. The van der Waals surface area contributed by atoms with E-state index in [0.29, 0.717) is 12.8 Å². The first-order valence-electron chi connectivity index (χ1n) is 24.1. The van der Waals surface area contributed by atoms with Gasteiger partial charge in [0, 0.05) is 12.8 Å². The minimum atomic E-state index is -5.13. The Morgan fingerprint density at radius 1 is 0.492 bits per heavy atom. The topological polar surface area (TPSA) is 210 Å². The third kappa shape index (κ3) is 31.2. The molecule has 0 spiro atoms. The maximum atomic E-state index is 12.8. The van der Waals surface area contributed by atoms with Gasteiger partial charge in [0.05, 0.1) is 6.61 Å². The number of rotatable bonds is 39. The molecule has 364 valence electrons. The van der Waals surface area contributed by atoms with Gasteiger partial charge in [-0.1, -0.05) is 145 Å². The lowest BCUT2D eigenvalue weighted by Gasteiger charge is -2.41. The predicted molar refractivity (Wildman–Crippen MR) is 249 cm³/mol. The van der Waals surface area contributed by atoms with Crippen LogP contribution in [0, 0.1) is 0 Å². The average Bonchev–Trinajstić information content (AvgIpc) is 3.26. The number of unbranched alkanes of at least 4 members (excludes halogenated alkanes) is 17. The number of carbonyl (C=O) groups excluding carboxylic acids is 2. The molecule has 0 radical (unpaired) electrons. The van der Waals surface area contributed by atoms with Gasteiger partial charge in [0.1, 0.15) is 43.2 Å². The van der Waals surface area contributed by atoms with Gasteiger partial charge in [-0.05, 0) is 83.5 Å². The molecule has 13 nitrogen and oxygen atoms in total. The Balaban J connectivity index is 2.46.